The van der Waals surface area contributed by atoms with E-state index in [4.69, 9.17) is 0 Å². The van der Waals surface area contributed by atoms with E-state index in [9.17, 15) is 4.79 Å². The van der Waals surface area contributed by atoms with Gasteiger partial charge in [0.25, 0.3) is 0 Å². The van der Waals surface area contributed by atoms with E-state index in [0.717, 1.165) is 5.39 Å². The Balaban J connectivity index is 2.20. The molecule has 0 unspecified atom stereocenters. The maximum Gasteiger partial charge on any atom is 0.243 e. The smallest absolute Gasteiger partial charge is 0.243 e. The molecule has 0 aliphatic heterocycles. The van der Waals surface area contributed by atoms with E-state index in [2.05, 4.69) is 25.9 Å². The number of aryl methyl sites for hydroxylation is 1. The molecule has 1 amide bonds. The summed E-state index contributed by atoms with van der Waals surface area (Å²) >= 11 is 0. The van der Waals surface area contributed by atoms with Crippen LogP contribution in [-0.2, 0) is 11.8 Å². The van der Waals surface area contributed by atoms with Crippen LogP contribution in [0.4, 0.5) is 5.82 Å². The number of rotatable bonds is 2. The molecular formula is C11H16N6O. The highest BCUT2D eigenvalue weighted by Gasteiger charge is 2.21. The number of anilines is 1. The number of nitrogens with zero attached hydrogens (tertiary/aromatic N) is 4. The zero-order chi connectivity index (χ0) is 13.3. The van der Waals surface area contributed by atoms with Gasteiger partial charge in [-0.05, 0) is 0 Å². The van der Waals surface area contributed by atoms with Gasteiger partial charge in [-0.1, -0.05) is 20.8 Å². The molecule has 0 saturated heterocycles. The van der Waals surface area contributed by atoms with Gasteiger partial charge < -0.3 is 0 Å². The molecule has 0 spiro atoms. The molecule has 0 aromatic carbocycles. The first kappa shape index (κ1) is 12.3. The Labute approximate surface area is 105 Å². The minimum Gasteiger partial charge on any atom is -0.281 e. The molecular weight excluding hydrogens is 232 g/mol. The van der Waals surface area contributed by atoms with Gasteiger partial charge in [0.1, 0.15) is 6.33 Å². The molecule has 2 N–H and O–H groups in total. The van der Waals surface area contributed by atoms with E-state index in [1.165, 1.54) is 6.33 Å². The standard InChI is InChI=1S/C11H16N6O/c1-11(2,3)10(18)16-15-8-7-5-14-17(4)9(7)13-6-12-8/h5-6H,1-4H3,(H,16,18)(H,12,13,15). The Morgan fingerprint density at radius 1 is 1.33 bits per heavy atom. The predicted octanol–water partition coefficient (Wildman–Crippen LogP) is 0.852. The third-order valence-corrected chi connectivity index (χ3v) is 2.51. The quantitative estimate of drug-likeness (QED) is 0.770. The highest BCUT2D eigenvalue weighted by atomic mass is 16.2. The molecule has 0 fully saturated rings. The molecule has 96 valence electrons. The van der Waals surface area contributed by atoms with E-state index >= 15 is 0 Å². The zero-order valence-corrected chi connectivity index (χ0v) is 10.9. The lowest BCUT2D eigenvalue weighted by Crippen LogP contribution is -2.38. The summed E-state index contributed by atoms with van der Waals surface area (Å²) in [6.45, 7) is 5.51. The van der Waals surface area contributed by atoms with Crippen LogP contribution in [0.5, 0.6) is 0 Å². The van der Waals surface area contributed by atoms with Gasteiger partial charge in [-0.25, -0.2) is 9.97 Å². The van der Waals surface area contributed by atoms with Crippen molar-refractivity contribution < 1.29 is 4.79 Å². The number of hydrogen-bond donors (Lipinski definition) is 2. The molecule has 2 rings (SSSR count). The maximum atomic E-state index is 11.7. The van der Waals surface area contributed by atoms with Crippen LogP contribution in [0, 0.1) is 5.41 Å². The normalized spacial score (nSPS) is 11.6. The molecule has 0 aliphatic carbocycles. The van der Waals surface area contributed by atoms with E-state index in [-0.39, 0.29) is 5.91 Å². The third-order valence-electron chi connectivity index (χ3n) is 2.51. The lowest BCUT2D eigenvalue weighted by Gasteiger charge is -2.18. The second-order valence-corrected chi connectivity index (χ2v) is 5.06. The fourth-order valence-electron chi connectivity index (χ4n) is 1.37. The number of hydrazine groups is 1. The van der Waals surface area contributed by atoms with Crippen molar-refractivity contribution in [2.45, 2.75) is 20.8 Å². The molecule has 7 heteroatoms. The molecule has 18 heavy (non-hydrogen) atoms. The van der Waals surface area contributed by atoms with Crippen LogP contribution in [0.3, 0.4) is 0 Å². The van der Waals surface area contributed by atoms with Gasteiger partial charge in [-0.3, -0.25) is 20.3 Å². The Kier molecular flexibility index (Phi) is 2.90. The molecule has 0 bridgehead atoms. The zero-order valence-electron chi connectivity index (χ0n) is 10.9. The summed E-state index contributed by atoms with van der Waals surface area (Å²) in [7, 11) is 1.80. The summed E-state index contributed by atoms with van der Waals surface area (Å²) in [5, 5.41) is 4.85. The van der Waals surface area contributed by atoms with E-state index in [0.29, 0.717) is 11.5 Å². The summed E-state index contributed by atoms with van der Waals surface area (Å²) in [6, 6.07) is 0. The van der Waals surface area contributed by atoms with Gasteiger partial charge in [-0.2, -0.15) is 5.10 Å². The summed E-state index contributed by atoms with van der Waals surface area (Å²) in [5.74, 6) is 0.420. The predicted molar refractivity (Wildman–Crippen MR) is 67.5 cm³/mol. The van der Waals surface area contributed by atoms with Crippen molar-refractivity contribution in [3.8, 4) is 0 Å². The average molecular weight is 248 g/mol. The first-order chi connectivity index (χ1) is 8.39. The lowest BCUT2D eigenvalue weighted by molar-refractivity contribution is -0.127. The Hall–Kier alpha value is -2.18. The topological polar surface area (TPSA) is 84.7 Å². The average Bonchev–Trinajstić information content (AvgIpc) is 2.67. The summed E-state index contributed by atoms with van der Waals surface area (Å²) < 4.78 is 1.65. The SMILES string of the molecule is Cn1ncc2c(NNC(=O)C(C)(C)C)ncnc21. The number of hydrogen-bond acceptors (Lipinski definition) is 5. The molecule has 2 heterocycles. The highest BCUT2D eigenvalue weighted by Crippen LogP contribution is 2.17. The second kappa shape index (κ2) is 4.25. The summed E-state index contributed by atoms with van der Waals surface area (Å²) in [4.78, 5) is 19.9. The fourth-order valence-corrected chi connectivity index (χ4v) is 1.37. The second-order valence-electron chi connectivity index (χ2n) is 5.06. The third kappa shape index (κ3) is 2.24. The van der Waals surface area contributed by atoms with Crippen LogP contribution in [-0.4, -0.2) is 25.7 Å². The van der Waals surface area contributed by atoms with E-state index in [1.54, 1.807) is 17.9 Å². The van der Waals surface area contributed by atoms with Crippen molar-refractivity contribution in [3.63, 3.8) is 0 Å². The van der Waals surface area contributed by atoms with Crippen molar-refractivity contribution >= 4 is 22.8 Å². The van der Waals surface area contributed by atoms with E-state index in [1.807, 2.05) is 20.8 Å². The van der Waals surface area contributed by atoms with Crippen molar-refractivity contribution in [2.75, 3.05) is 5.43 Å². The van der Waals surface area contributed by atoms with Crippen molar-refractivity contribution in [1.29, 1.82) is 0 Å². The monoisotopic (exact) mass is 248 g/mol. The Bertz CT molecular complexity index is 583. The largest absolute Gasteiger partial charge is 0.281 e. The van der Waals surface area contributed by atoms with Gasteiger partial charge in [-0.15, -0.1) is 0 Å². The number of aromatic nitrogens is 4. The van der Waals surface area contributed by atoms with Crippen LogP contribution in [0.1, 0.15) is 20.8 Å². The van der Waals surface area contributed by atoms with Crippen LogP contribution in [0.25, 0.3) is 11.0 Å². The summed E-state index contributed by atoms with van der Waals surface area (Å²) in [5.41, 5.74) is 5.67. The number of nitrogens with one attached hydrogen (secondary N) is 2. The van der Waals surface area contributed by atoms with Gasteiger partial charge in [0, 0.05) is 12.5 Å². The molecule has 0 saturated carbocycles. The molecule has 2 aromatic rings. The first-order valence-electron chi connectivity index (χ1n) is 5.59. The van der Waals surface area contributed by atoms with Crippen LogP contribution >= 0.6 is 0 Å². The Morgan fingerprint density at radius 3 is 2.72 bits per heavy atom. The number of carbonyl (C=O) groups is 1. The number of carbonyl (C=O) groups excluding carboxylic acids is 1. The maximum absolute atomic E-state index is 11.7. The van der Waals surface area contributed by atoms with Crippen LogP contribution in [0.15, 0.2) is 12.5 Å². The first-order valence-corrected chi connectivity index (χ1v) is 5.59. The molecule has 7 nitrogen and oxygen atoms in total. The Morgan fingerprint density at radius 2 is 2.06 bits per heavy atom. The molecule has 2 aromatic heterocycles. The minimum atomic E-state index is -0.464. The minimum absolute atomic E-state index is 0.113. The fraction of sp³-hybridized carbons (Fsp3) is 0.455. The van der Waals surface area contributed by atoms with Gasteiger partial charge in [0.05, 0.1) is 11.6 Å². The highest BCUT2D eigenvalue weighted by molar-refractivity contribution is 5.88. The molecule has 0 atom stereocenters. The summed E-state index contributed by atoms with van der Waals surface area (Å²) in [6.07, 6.45) is 3.08. The molecule has 0 radical (unpaired) electrons. The van der Waals surface area contributed by atoms with Crippen molar-refractivity contribution in [2.24, 2.45) is 12.5 Å². The van der Waals surface area contributed by atoms with Gasteiger partial charge in [0.2, 0.25) is 5.91 Å². The van der Waals surface area contributed by atoms with Crippen LogP contribution < -0.4 is 10.9 Å². The van der Waals surface area contributed by atoms with Gasteiger partial charge >= 0.3 is 0 Å². The van der Waals surface area contributed by atoms with Crippen molar-refractivity contribution in [1.82, 2.24) is 25.2 Å². The van der Waals surface area contributed by atoms with E-state index < -0.39 is 5.41 Å². The molecule has 0 aliphatic rings. The number of fused-ring (bicyclic) bond motifs is 1. The number of amides is 1. The lowest BCUT2D eigenvalue weighted by atomic mass is 9.96. The van der Waals surface area contributed by atoms with Crippen molar-refractivity contribution in [3.05, 3.63) is 12.5 Å². The van der Waals surface area contributed by atoms with Crippen LogP contribution in [0.2, 0.25) is 0 Å². The van der Waals surface area contributed by atoms with Gasteiger partial charge in [0.15, 0.2) is 11.5 Å².